The Kier molecular flexibility index (Phi) is 3.24. The highest BCUT2D eigenvalue weighted by Gasteiger charge is 2.29. The smallest absolute Gasteiger partial charge is 0.257 e. The lowest BCUT2D eigenvalue weighted by molar-refractivity contribution is 0.0745. The second kappa shape index (κ2) is 4.50. The van der Waals surface area contributed by atoms with E-state index in [9.17, 15) is 4.79 Å². The minimum atomic E-state index is 0.0317. The molecular formula is C12H16ClNO2. The number of nitrogens with zero attached hydrogens (tertiary/aromatic N) is 1. The van der Waals surface area contributed by atoms with Crippen LogP contribution in [0, 0.1) is 12.8 Å². The van der Waals surface area contributed by atoms with Crippen LogP contribution in [0.5, 0.6) is 0 Å². The first-order valence-corrected chi connectivity index (χ1v) is 5.95. The van der Waals surface area contributed by atoms with Gasteiger partial charge in [0.15, 0.2) is 0 Å². The number of hydrogen-bond donors (Lipinski definition) is 0. The number of hydrogen-bond acceptors (Lipinski definition) is 2. The number of halogens is 1. The van der Waals surface area contributed by atoms with Gasteiger partial charge in [-0.15, -0.1) is 11.6 Å². The Hall–Kier alpha value is -0.960. The highest BCUT2D eigenvalue weighted by Crippen LogP contribution is 2.32. The van der Waals surface area contributed by atoms with E-state index in [1.54, 1.807) is 24.2 Å². The minimum absolute atomic E-state index is 0.0317. The van der Waals surface area contributed by atoms with E-state index in [0.29, 0.717) is 22.6 Å². The molecule has 0 bridgehead atoms. The molecule has 0 radical (unpaired) electrons. The van der Waals surface area contributed by atoms with Crippen molar-refractivity contribution >= 4 is 17.5 Å². The number of alkyl halides is 1. The van der Waals surface area contributed by atoms with Crippen LogP contribution in [0.2, 0.25) is 0 Å². The molecule has 1 heterocycles. The molecule has 0 unspecified atom stereocenters. The van der Waals surface area contributed by atoms with Crippen molar-refractivity contribution in [1.29, 1.82) is 0 Å². The van der Waals surface area contributed by atoms with Crippen LogP contribution in [0.25, 0.3) is 0 Å². The maximum absolute atomic E-state index is 12.0. The number of carbonyl (C=O) groups is 1. The first-order valence-electron chi connectivity index (χ1n) is 5.51. The largest absolute Gasteiger partial charge is 0.469 e. The van der Waals surface area contributed by atoms with Gasteiger partial charge >= 0.3 is 0 Å². The van der Waals surface area contributed by atoms with Crippen molar-refractivity contribution in [2.45, 2.75) is 25.1 Å². The minimum Gasteiger partial charge on any atom is -0.469 e. The lowest BCUT2D eigenvalue weighted by Gasteiger charge is -2.34. The van der Waals surface area contributed by atoms with E-state index in [-0.39, 0.29) is 5.91 Å². The summed E-state index contributed by atoms with van der Waals surface area (Å²) in [6.45, 7) is 2.59. The van der Waals surface area contributed by atoms with E-state index in [1.165, 1.54) is 0 Å². The monoisotopic (exact) mass is 241 g/mol. The van der Waals surface area contributed by atoms with E-state index in [0.717, 1.165) is 19.4 Å². The van der Waals surface area contributed by atoms with Crippen molar-refractivity contribution < 1.29 is 9.21 Å². The number of aryl methyl sites for hydroxylation is 1. The Labute approximate surface area is 100 Å². The molecule has 4 heteroatoms. The summed E-state index contributed by atoms with van der Waals surface area (Å²) in [5, 5.41) is 0.309. The molecule has 0 spiro atoms. The second-order valence-corrected chi connectivity index (χ2v) is 5.13. The van der Waals surface area contributed by atoms with Gasteiger partial charge in [0, 0.05) is 19.0 Å². The van der Waals surface area contributed by atoms with Gasteiger partial charge < -0.3 is 9.32 Å². The molecule has 1 aromatic rings. The lowest BCUT2D eigenvalue weighted by Crippen LogP contribution is -2.38. The maximum atomic E-state index is 12.0. The fourth-order valence-corrected chi connectivity index (χ4v) is 2.59. The third kappa shape index (κ3) is 2.24. The Bertz CT molecular complexity index is 382. The van der Waals surface area contributed by atoms with Crippen LogP contribution in [0.1, 0.15) is 29.0 Å². The molecule has 1 aliphatic carbocycles. The van der Waals surface area contributed by atoms with Gasteiger partial charge in [-0.3, -0.25) is 4.79 Å². The summed E-state index contributed by atoms with van der Waals surface area (Å²) in [6.07, 6.45) is 3.58. The first-order chi connectivity index (χ1) is 7.58. The molecule has 1 aliphatic rings. The van der Waals surface area contributed by atoms with E-state index < -0.39 is 0 Å². The van der Waals surface area contributed by atoms with Gasteiger partial charge in [-0.25, -0.2) is 0 Å². The molecule has 0 N–H and O–H groups in total. The van der Waals surface area contributed by atoms with E-state index in [1.807, 2.05) is 7.05 Å². The summed E-state index contributed by atoms with van der Waals surface area (Å²) in [5.74, 6) is 1.27. The van der Waals surface area contributed by atoms with Gasteiger partial charge in [-0.2, -0.15) is 0 Å². The third-order valence-electron chi connectivity index (χ3n) is 3.15. The highest BCUT2D eigenvalue weighted by molar-refractivity contribution is 6.21. The van der Waals surface area contributed by atoms with Crippen LogP contribution < -0.4 is 0 Å². The van der Waals surface area contributed by atoms with Crippen molar-refractivity contribution in [2.75, 3.05) is 13.6 Å². The molecule has 1 saturated carbocycles. The lowest BCUT2D eigenvalue weighted by atomic mass is 9.84. The van der Waals surface area contributed by atoms with Crippen LogP contribution >= 0.6 is 11.6 Å². The number of amides is 1. The average molecular weight is 242 g/mol. The molecule has 0 saturated heterocycles. The molecule has 16 heavy (non-hydrogen) atoms. The van der Waals surface area contributed by atoms with Crippen molar-refractivity contribution in [3.63, 3.8) is 0 Å². The zero-order valence-electron chi connectivity index (χ0n) is 9.57. The standard InChI is InChI=1S/C12H16ClNO2/c1-8-11(3-4-16-8)12(15)14(2)7-9-5-10(13)6-9/h3-4,9-10H,5-7H2,1-2H3. The SMILES string of the molecule is Cc1occc1C(=O)N(C)CC1CC(Cl)C1. The molecule has 1 aromatic heterocycles. The zero-order valence-corrected chi connectivity index (χ0v) is 10.3. The molecule has 3 nitrogen and oxygen atoms in total. The van der Waals surface area contributed by atoms with Gasteiger partial charge in [0.25, 0.3) is 5.91 Å². The van der Waals surface area contributed by atoms with Gasteiger partial charge in [0.05, 0.1) is 11.8 Å². The fraction of sp³-hybridized carbons (Fsp3) is 0.583. The number of furan rings is 1. The number of rotatable bonds is 3. The highest BCUT2D eigenvalue weighted by atomic mass is 35.5. The van der Waals surface area contributed by atoms with Crippen LogP contribution in [-0.2, 0) is 0 Å². The van der Waals surface area contributed by atoms with Crippen LogP contribution in [0.4, 0.5) is 0 Å². The zero-order chi connectivity index (χ0) is 11.7. The second-order valence-electron chi connectivity index (χ2n) is 4.51. The predicted octanol–water partition coefficient (Wildman–Crippen LogP) is 2.68. The van der Waals surface area contributed by atoms with Crippen LogP contribution in [0.3, 0.4) is 0 Å². The summed E-state index contributed by atoms with van der Waals surface area (Å²) < 4.78 is 5.13. The van der Waals surface area contributed by atoms with Gasteiger partial charge in [-0.1, -0.05) is 0 Å². The molecule has 2 rings (SSSR count). The van der Waals surface area contributed by atoms with Crippen molar-refractivity contribution in [3.05, 3.63) is 23.7 Å². The first kappa shape index (κ1) is 11.5. The average Bonchev–Trinajstić information content (AvgIpc) is 2.61. The van der Waals surface area contributed by atoms with Crippen LogP contribution in [0.15, 0.2) is 16.7 Å². The summed E-state index contributed by atoms with van der Waals surface area (Å²) >= 11 is 5.91. The molecular weight excluding hydrogens is 226 g/mol. The molecule has 88 valence electrons. The normalized spacial score (nSPS) is 23.9. The molecule has 0 aromatic carbocycles. The Morgan fingerprint density at radius 3 is 2.81 bits per heavy atom. The van der Waals surface area contributed by atoms with E-state index >= 15 is 0 Å². The predicted molar refractivity (Wildman–Crippen MR) is 62.8 cm³/mol. The summed E-state index contributed by atoms with van der Waals surface area (Å²) in [6, 6.07) is 1.72. The quantitative estimate of drug-likeness (QED) is 0.763. The summed E-state index contributed by atoms with van der Waals surface area (Å²) in [7, 11) is 1.83. The van der Waals surface area contributed by atoms with Crippen molar-refractivity contribution in [2.24, 2.45) is 5.92 Å². The topological polar surface area (TPSA) is 33.5 Å². The Morgan fingerprint density at radius 1 is 1.62 bits per heavy atom. The molecule has 1 fully saturated rings. The Morgan fingerprint density at radius 2 is 2.31 bits per heavy atom. The summed E-state index contributed by atoms with van der Waals surface area (Å²) in [4.78, 5) is 13.8. The summed E-state index contributed by atoms with van der Waals surface area (Å²) in [5.41, 5.74) is 0.657. The van der Waals surface area contributed by atoms with Gasteiger partial charge in [-0.05, 0) is 31.7 Å². The molecule has 0 aliphatic heterocycles. The van der Waals surface area contributed by atoms with Crippen molar-refractivity contribution in [3.8, 4) is 0 Å². The number of carbonyl (C=O) groups excluding carboxylic acids is 1. The van der Waals surface area contributed by atoms with Crippen LogP contribution in [-0.4, -0.2) is 29.8 Å². The molecule has 1 amide bonds. The Balaban J connectivity index is 1.92. The molecule has 0 atom stereocenters. The fourth-order valence-electron chi connectivity index (χ4n) is 2.09. The maximum Gasteiger partial charge on any atom is 0.257 e. The van der Waals surface area contributed by atoms with Gasteiger partial charge in [0.1, 0.15) is 5.76 Å². The van der Waals surface area contributed by atoms with E-state index in [2.05, 4.69) is 0 Å². The van der Waals surface area contributed by atoms with E-state index in [4.69, 9.17) is 16.0 Å². The van der Waals surface area contributed by atoms with Crippen molar-refractivity contribution in [1.82, 2.24) is 4.90 Å². The third-order valence-corrected chi connectivity index (χ3v) is 3.50. The van der Waals surface area contributed by atoms with Gasteiger partial charge in [0.2, 0.25) is 0 Å².